The van der Waals surface area contributed by atoms with Gasteiger partial charge in [0.1, 0.15) is 17.1 Å². The summed E-state index contributed by atoms with van der Waals surface area (Å²) in [5, 5.41) is 20.1. The standard InChI is InChI=1S/C23H27N5O2/c24-17-19-6-4-10-25-23(19)28-14-12-27(13-15-28)11-1-2-16-30-21-9-8-18-5-3-7-20(29)22(18)26-21/h3,5,7-10,29H,1-2,4,6,11-16H2. The molecule has 0 spiro atoms. The third kappa shape index (κ3) is 4.71. The molecule has 0 bridgehead atoms. The van der Waals surface area contributed by atoms with E-state index in [2.05, 4.69) is 25.8 Å². The Morgan fingerprint density at radius 2 is 1.97 bits per heavy atom. The number of aromatic hydroxyl groups is 1. The Bertz CT molecular complexity index is 987. The van der Waals surface area contributed by atoms with Crippen LogP contribution in [0.4, 0.5) is 0 Å². The number of rotatable bonds is 7. The van der Waals surface area contributed by atoms with Gasteiger partial charge in [0.2, 0.25) is 5.88 Å². The second-order valence-corrected chi connectivity index (χ2v) is 7.65. The van der Waals surface area contributed by atoms with E-state index in [1.807, 2.05) is 24.4 Å². The number of allylic oxidation sites excluding steroid dienone is 1. The van der Waals surface area contributed by atoms with Crippen molar-refractivity contribution in [2.45, 2.75) is 25.7 Å². The number of hydrogen-bond acceptors (Lipinski definition) is 7. The second-order valence-electron chi connectivity index (χ2n) is 7.65. The molecule has 156 valence electrons. The van der Waals surface area contributed by atoms with Crippen LogP contribution in [0.25, 0.3) is 10.9 Å². The number of nitrogens with zero attached hydrogens (tertiary/aromatic N) is 5. The van der Waals surface area contributed by atoms with Crippen molar-refractivity contribution in [1.82, 2.24) is 14.8 Å². The van der Waals surface area contributed by atoms with E-state index in [9.17, 15) is 10.4 Å². The summed E-state index contributed by atoms with van der Waals surface area (Å²) in [6.07, 6.45) is 5.61. The van der Waals surface area contributed by atoms with Crippen LogP contribution in [-0.4, -0.2) is 65.4 Å². The lowest BCUT2D eigenvalue weighted by Gasteiger charge is -2.36. The molecule has 1 fully saturated rings. The van der Waals surface area contributed by atoms with E-state index in [0.29, 0.717) is 18.0 Å². The maximum Gasteiger partial charge on any atom is 0.213 e. The molecule has 2 aliphatic rings. The molecule has 1 aromatic heterocycles. The van der Waals surface area contributed by atoms with Crippen LogP contribution in [0.3, 0.4) is 0 Å². The summed E-state index contributed by atoms with van der Waals surface area (Å²) in [7, 11) is 0. The molecule has 0 atom stereocenters. The van der Waals surface area contributed by atoms with Crippen LogP contribution in [0.2, 0.25) is 0 Å². The van der Waals surface area contributed by atoms with E-state index in [0.717, 1.165) is 75.2 Å². The van der Waals surface area contributed by atoms with E-state index in [4.69, 9.17) is 4.74 Å². The minimum Gasteiger partial charge on any atom is -0.506 e. The Balaban J connectivity index is 1.18. The molecular formula is C23H27N5O2. The van der Waals surface area contributed by atoms with Crippen molar-refractivity contribution in [3.63, 3.8) is 0 Å². The number of ether oxygens (including phenoxy) is 1. The highest BCUT2D eigenvalue weighted by Gasteiger charge is 2.21. The number of aliphatic imine (C=N–C) groups is 1. The maximum atomic E-state index is 9.93. The predicted octanol–water partition coefficient (Wildman–Crippen LogP) is 3.32. The lowest BCUT2D eigenvalue weighted by molar-refractivity contribution is 0.152. The lowest BCUT2D eigenvalue weighted by atomic mass is 10.1. The molecule has 0 radical (unpaired) electrons. The highest BCUT2D eigenvalue weighted by atomic mass is 16.5. The molecule has 2 aromatic rings. The number of fused-ring (bicyclic) bond motifs is 1. The van der Waals surface area contributed by atoms with Crippen LogP contribution in [0.15, 0.2) is 46.7 Å². The number of phenolic OH excluding ortho intramolecular Hbond substituents is 1. The van der Waals surface area contributed by atoms with Crippen LogP contribution in [-0.2, 0) is 0 Å². The Labute approximate surface area is 176 Å². The molecule has 1 N–H and O–H groups in total. The lowest BCUT2D eigenvalue weighted by Crippen LogP contribution is -2.46. The van der Waals surface area contributed by atoms with Crippen molar-refractivity contribution in [1.29, 1.82) is 5.26 Å². The number of piperazine rings is 1. The summed E-state index contributed by atoms with van der Waals surface area (Å²) < 4.78 is 5.78. The van der Waals surface area contributed by atoms with Gasteiger partial charge >= 0.3 is 0 Å². The Hall–Kier alpha value is -3.11. The molecule has 4 rings (SSSR count). The molecule has 30 heavy (non-hydrogen) atoms. The van der Waals surface area contributed by atoms with Gasteiger partial charge in [-0.05, 0) is 44.4 Å². The van der Waals surface area contributed by atoms with Gasteiger partial charge in [0.25, 0.3) is 0 Å². The Kier molecular flexibility index (Phi) is 6.45. The van der Waals surface area contributed by atoms with Crippen molar-refractivity contribution < 1.29 is 9.84 Å². The molecule has 0 amide bonds. The van der Waals surface area contributed by atoms with E-state index >= 15 is 0 Å². The minimum atomic E-state index is 0.175. The smallest absolute Gasteiger partial charge is 0.213 e. The van der Waals surface area contributed by atoms with E-state index < -0.39 is 0 Å². The van der Waals surface area contributed by atoms with Crippen LogP contribution < -0.4 is 4.74 Å². The van der Waals surface area contributed by atoms with Crippen LogP contribution in [0.5, 0.6) is 11.6 Å². The minimum absolute atomic E-state index is 0.175. The van der Waals surface area contributed by atoms with Crippen molar-refractivity contribution >= 4 is 17.1 Å². The third-order valence-electron chi connectivity index (χ3n) is 5.61. The average molecular weight is 406 g/mol. The highest BCUT2D eigenvalue weighted by Crippen LogP contribution is 2.25. The first-order valence-corrected chi connectivity index (χ1v) is 10.6. The fraction of sp³-hybridized carbons (Fsp3) is 0.435. The molecule has 7 nitrogen and oxygen atoms in total. The van der Waals surface area contributed by atoms with Crippen LogP contribution >= 0.6 is 0 Å². The number of phenols is 1. The molecule has 1 saturated heterocycles. The second kappa shape index (κ2) is 9.59. The number of benzene rings is 1. The normalized spacial score (nSPS) is 17.4. The summed E-state index contributed by atoms with van der Waals surface area (Å²) in [5.74, 6) is 1.60. The maximum absolute atomic E-state index is 9.93. The van der Waals surface area contributed by atoms with Gasteiger partial charge in [-0.25, -0.2) is 9.98 Å². The largest absolute Gasteiger partial charge is 0.506 e. The van der Waals surface area contributed by atoms with E-state index in [-0.39, 0.29) is 5.75 Å². The van der Waals surface area contributed by atoms with Gasteiger partial charge in [-0.1, -0.05) is 12.1 Å². The Morgan fingerprint density at radius 3 is 2.80 bits per heavy atom. The third-order valence-corrected chi connectivity index (χ3v) is 5.61. The van der Waals surface area contributed by atoms with Gasteiger partial charge in [0, 0.05) is 43.8 Å². The molecule has 0 saturated carbocycles. The van der Waals surface area contributed by atoms with Gasteiger partial charge in [0.05, 0.1) is 18.2 Å². The fourth-order valence-corrected chi connectivity index (χ4v) is 3.92. The number of aromatic nitrogens is 1. The zero-order valence-corrected chi connectivity index (χ0v) is 17.1. The van der Waals surface area contributed by atoms with E-state index in [1.54, 1.807) is 12.1 Å². The number of pyridine rings is 1. The molecule has 3 heterocycles. The van der Waals surface area contributed by atoms with Crippen molar-refractivity contribution in [3.05, 3.63) is 41.7 Å². The molecular weight excluding hydrogens is 378 g/mol. The van der Waals surface area contributed by atoms with Gasteiger partial charge < -0.3 is 14.7 Å². The first-order valence-electron chi connectivity index (χ1n) is 10.6. The number of nitriles is 1. The summed E-state index contributed by atoms with van der Waals surface area (Å²) in [4.78, 5) is 13.6. The van der Waals surface area contributed by atoms with Crippen LogP contribution in [0.1, 0.15) is 25.7 Å². The average Bonchev–Trinajstić information content (AvgIpc) is 2.80. The molecule has 0 aliphatic carbocycles. The molecule has 1 aromatic carbocycles. The van der Waals surface area contributed by atoms with Crippen molar-refractivity contribution in [3.8, 4) is 17.7 Å². The first-order chi connectivity index (χ1) is 14.7. The number of hydrogen-bond donors (Lipinski definition) is 1. The van der Waals surface area contributed by atoms with Gasteiger partial charge in [0.15, 0.2) is 0 Å². The first kappa shape index (κ1) is 20.2. The summed E-state index contributed by atoms with van der Waals surface area (Å²) in [6, 6.07) is 11.4. The SMILES string of the molecule is N#CC1=C(N2CCN(CCCCOc3ccc4cccc(O)c4n3)CC2)N=CCC1. The number of unbranched alkanes of at least 4 members (excludes halogenated alkanes) is 1. The fourth-order valence-electron chi connectivity index (χ4n) is 3.92. The van der Waals surface area contributed by atoms with Crippen molar-refractivity contribution in [2.75, 3.05) is 39.3 Å². The molecule has 0 unspecified atom stereocenters. The summed E-state index contributed by atoms with van der Waals surface area (Å²) >= 11 is 0. The van der Waals surface area contributed by atoms with Crippen LogP contribution in [0, 0.1) is 11.3 Å². The Morgan fingerprint density at radius 1 is 1.10 bits per heavy atom. The van der Waals surface area contributed by atoms with Gasteiger partial charge in [-0.2, -0.15) is 5.26 Å². The monoisotopic (exact) mass is 405 g/mol. The topological polar surface area (TPSA) is 85.0 Å². The number of para-hydroxylation sites is 1. The molecule has 2 aliphatic heterocycles. The quantitative estimate of drug-likeness (QED) is 0.712. The zero-order chi connectivity index (χ0) is 20.8. The van der Waals surface area contributed by atoms with E-state index in [1.165, 1.54) is 0 Å². The van der Waals surface area contributed by atoms with Crippen molar-refractivity contribution in [2.24, 2.45) is 4.99 Å². The molecule has 7 heteroatoms. The predicted molar refractivity (Wildman–Crippen MR) is 117 cm³/mol. The summed E-state index contributed by atoms with van der Waals surface area (Å²) in [5.41, 5.74) is 1.39. The highest BCUT2D eigenvalue weighted by molar-refractivity contribution is 5.84. The summed E-state index contributed by atoms with van der Waals surface area (Å²) in [6.45, 7) is 5.46. The zero-order valence-electron chi connectivity index (χ0n) is 17.1. The van der Waals surface area contributed by atoms with Gasteiger partial charge in [-0.15, -0.1) is 0 Å². The van der Waals surface area contributed by atoms with Gasteiger partial charge in [-0.3, -0.25) is 4.90 Å².